The SMILES string of the molecule is COc1ccc(NC(=O)N2CCN(C(C)(C)C)CC2)cc1OC. The fourth-order valence-corrected chi connectivity index (χ4v) is 2.70. The predicted octanol–water partition coefficient (Wildman–Crippen LogP) is 2.65. The summed E-state index contributed by atoms with van der Waals surface area (Å²) in [5, 5.41) is 2.92. The molecular formula is C17H27N3O3. The van der Waals surface area contributed by atoms with Gasteiger partial charge in [-0.05, 0) is 32.9 Å². The third kappa shape index (κ3) is 4.28. The number of amides is 2. The molecule has 0 unspecified atom stereocenters. The van der Waals surface area contributed by atoms with Gasteiger partial charge < -0.3 is 19.7 Å². The number of carbonyl (C=O) groups excluding carboxylic acids is 1. The highest BCUT2D eigenvalue weighted by Gasteiger charge is 2.27. The molecule has 1 aliphatic heterocycles. The zero-order valence-electron chi connectivity index (χ0n) is 14.7. The molecule has 0 saturated carbocycles. The van der Waals surface area contributed by atoms with Crippen LogP contribution in [0.5, 0.6) is 11.5 Å². The van der Waals surface area contributed by atoms with Gasteiger partial charge in [0.05, 0.1) is 14.2 Å². The van der Waals surface area contributed by atoms with Crippen molar-refractivity contribution in [2.24, 2.45) is 0 Å². The quantitative estimate of drug-likeness (QED) is 0.930. The number of benzene rings is 1. The van der Waals surface area contributed by atoms with Crippen LogP contribution in [0.25, 0.3) is 0 Å². The van der Waals surface area contributed by atoms with Gasteiger partial charge in [-0.3, -0.25) is 4.90 Å². The van der Waals surface area contributed by atoms with E-state index in [0.717, 1.165) is 26.2 Å². The van der Waals surface area contributed by atoms with E-state index in [9.17, 15) is 4.79 Å². The highest BCUT2D eigenvalue weighted by molar-refractivity contribution is 5.89. The van der Waals surface area contributed by atoms with E-state index >= 15 is 0 Å². The molecule has 0 aliphatic carbocycles. The highest BCUT2D eigenvalue weighted by atomic mass is 16.5. The lowest BCUT2D eigenvalue weighted by molar-refractivity contribution is 0.0774. The summed E-state index contributed by atoms with van der Waals surface area (Å²) in [6.45, 7) is 9.85. The summed E-state index contributed by atoms with van der Waals surface area (Å²) >= 11 is 0. The summed E-state index contributed by atoms with van der Waals surface area (Å²) in [4.78, 5) is 16.6. The average molecular weight is 321 g/mol. The standard InChI is InChI=1S/C17H27N3O3/c1-17(2,3)20-10-8-19(9-11-20)16(21)18-13-6-7-14(22-4)15(12-13)23-5/h6-7,12H,8-11H2,1-5H3,(H,18,21). The number of rotatable bonds is 3. The second-order valence-corrected chi connectivity index (χ2v) is 6.64. The monoisotopic (exact) mass is 321 g/mol. The Labute approximate surface area is 138 Å². The van der Waals surface area contributed by atoms with Crippen molar-refractivity contribution in [1.82, 2.24) is 9.80 Å². The Morgan fingerprint density at radius 1 is 1.04 bits per heavy atom. The lowest BCUT2D eigenvalue weighted by atomic mass is 10.1. The fourth-order valence-electron chi connectivity index (χ4n) is 2.70. The van der Waals surface area contributed by atoms with Crippen LogP contribution in [0.2, 0.25) is 0 Å². The largest absolute Gasteiger partial charge is 0.493 e. The zero-order chi connectivity index (χ0) is 17.0. The van der Waals surface area contributed by atoms with E-state index in [1.54, 1.807) is 26.4 Å². The maximum atomic E-state index is 12.4. The third-order valence-electron chi connectivity index (χ3n) is 4.15. The van der Waals surface area contributed by atoms with E-state index in [2.05, 4.69) is 31.0 Å². The van der Waals surface area contributed by atoms with E-state index in [0.29, 0.717) is 17.2 Å². The Kier molecular flexibility index (Phi) is 5.36. The van der Waals surface area contributed by atoms with E-state index in [-0.39, 0.29) is 11.6 Å². The topological polar surface area (TPSA) is 54.0 Å². The van der Waals surface area contributed by atoms with Crippen LogP contribution in [-0.4, -0.2) is 61.8 Å². The van der Waals surface area contributed by atoms with Gasteiger partial charge in [0, 0.05) is 43.5 Å². The smallest absolute Gasteiger partial charge is 0.321 e. The highest BCUT2D eigenvalue weighted by Crippen LogP contribution is 2.29. The van der Waals surface area contributed by atoms with Crippen LogP contribution in [0, 0.1) is 0 Å². The number of urea groups is 1. The Bertz CT molecular complexity index is 547. The van der Waals surface area contributed by atoms with E-state index < -0.39 is 0 Å². The first kappa shape index (κ1) is 17.4. The van der Waals surface area contributed by atoms with Crippen molar-refractivity contribution in [2.45, 2.75) is 26.3 Å². The van der Waals surface area contributed by atoms with Crippen LogP contribution in [-0.2, 0) is 0 Å². The van der Waals surface area contributed by atoms with E-state index in [1.165, 1.54) is 0 Å². The molecule has 0 bridgehead atoms. The van der Waals surface area contributed by atoms with Crippen LogP contribution in [0.1, 0.15) is 20.8 Å². The molecule has 0 aromatic heterocycles. The number of hydrogen-bond donors (Lipinski definition) is 1. The molecule has 0 spiro atoms. The molecule has 23 heavy (non-hydrogen) atoms. The van der Waals surface area contributed by atoms with Crippen molar-refractivity contribution in [3.05, 3.63) is 18.2 Å². The number of methoxy groups -OCH3 is 2. The van der Waals surface area contributed by atoms with Gasteiger partial charge in [0.25, 0.3) is 0 Å². The molecule has 0 atom stereocenters. The lowest BCUT2D eigenvalue weighted by Crippen LogP contribution is -2.55. The first-order chi connectivity index (χ1) is 10.8. The predicted molar refractivity (Wildman–Crippen MR) is 91.5 cm³/mol. The Balaban J connectivity index is 1.95. The minimum atomic E-state index is -0.0780. The van der Waals surface area contributed by atoms with Gasteiger partial charge >= 0.3 is 6.03 Å². The molecule has 1 aromatic rings. The zero-order valence-corrected chi connectivity index (χ0v) is 14.7. The molecule has 0 radical (unpaired) electrons. The number of carbonyl (C=O) groups is 1. The van der Waals surface area contributed by atoms with Gasteiger partial charge in [0.1, 0.15) is 0 Å². The van der Waals surface area contributed by atoms with Crippen molar-refractivity contribution in [2.75, 3.05) is 45.7 Å². The molecule has 6 nitrogen and oxygen atoms in total. The number of nitrogens with zero attached hydrogens (tertiary/aromatic N) is 2. The molecule has 128 valence electrons. The molecule has 1 N–H and O–H groups in total. The second kappa shape index (κ2) is 7.08. The van der Waals surface area contributed by atoms with Gasteiger partial charge in [-0.25, -0.2) is 4.79 Å². The fraction of sp³-hybridized carbons (Fsp3) is 0.588. The third-order valence-corrected chi connectivity index (χ3v) is 4.15. The minimum absolute atomic E-state index is 0.0780. The summed E-state index contributed by atoms with van der Waals surface area (Å²) in [5.41, 5.74) is 0.845. The van der Waals surface area contributed by atoms with Gasteiger partial charge in [-0.2, -0.15) is 0 Å². The summed E-state index contributed by atoms with van der Waals surface area (Å²) in [6, 6.07) is 5.28. The summed E-state index contributed by atoms with van der Waals surface area (Å²) < 4.78 is 10.5. The van der Waals surface area contributed by atoms with E-state index in [1.807, 2.05) is 11.0 Å². The molecule has 1 fully saturated rings. The van der Waals surface area contributed by atoms with Crippen LogP contribution < -0.4 is 14.8 Å². The molecule has 1 aliphatic rings. The summed E-state index contributed by atoms with van der Waals surface area (Å²) in [6.07, 6.45) is 0. The molecule has 6 heteroatoms. The van der Waals surface area contributed by atoms with Crippen molar-refractivity contribution in [3.63, 3.8) is 0 Å². The molecule has 2 rings (SSSR count). The Morgan fingerprint density at radius 3 is 2.17 bits per heavy atom. The van der Waals surface area contributed by atoms with Crippen LogP contribution in [0.3, 0.4) is 0 Å². The first-order valence-electron chi connectivity index (χ1n) is 7.88. The summed E-state index contributed by atoms with van der Waals surface area (Å²) in [5.74, 6) is 1.24. The molecule has 1 saturated heterocycles. The van der Waals surface area contributed by atoms with Gasteiger partial charge in [0.2, 0.25) is 0 Å². The molecule has 1 aromatic carbocycles. The molecular weight excluding hydrogens is 294 g/mol. The average Bonchev–Trinajstić information content (AvgIpc) is 2.54. The number of piperazine rings is 1. The van der Waals surface area contributed by atoms with Crippen LogP contribution >= 0.6 is 0 Å². The Hall–Kier alpha value is -1.95. The molecule has 2 amide bonds. The van der Waals surface area contributed by atoms with Gasteiger partial charge in [-0.1, -0.05) is 0 Å². The maximum absolute atomic E-state index is 12.4. The minimum Gasteiger partial charge on any atom is -0.493 e. The second-order valence-electron chi connectivity index (χ2n) is 6.64. The lowest BCUT2D eigenvalue weighted by Gasteiger charge is -2.42. The van der Waals surface area contributed by atoms with Crippen molar-refractivity contribution >= 4 is 11.7 Å². The van der Waals surface area contributed by atoms with Crippen molar-refractivity contribution in [3.8, 4) is 11.5 Å². The van der Waals surface area contributed by atoms with Gasteiger partial charge in [0.15, 0.2) is 11.5 Å². The first-order valence-corrected chi connectivity index (χ1v) is 7.88. The van der Waals surface area contributed by atoms with Crippen molar-refractivity contribution < 1.29 is 14.3 Å². The Morgan fingerprint density at radius 2 is 1.65 bits per heavy atom. The number of ether oxygens (including phenoxy) is 2. The van der Waals surface area contributed by atoms with Crippen molar-refractivity contribution in [1.29, 1.82) is 0 Å². The van der Waals surface area contributed by atoms with Crippen LogP contribution in [0.15, 0.2) is 18.2 Å². The number of anilines is 1. The van der Waals surface area contributed by atoms with E-state index in [4.69, 9.17) is 9.47 Å². The normalized spacial score (nSPS) is 16.1. The number of hydrogen-bond acceptors (Lipinski definition) is 4. The molecule has 1 heterocycles. The number of nitrogens with one attached hydrogen (secondary N) is 1. The summed E-state index contributed by atoms with van der Waals surface area (Å²) in [7, 11) is 3.17. The van der Waals surface area contributed by atoms with Crippen LogP contribution in [0.4, 0.5) is 10.5 Å². The van der Waals surface area contributed by atoms with Gasteiger partial charge in [-0.15, -0.1) is 0 Å². The maximum Gasteiger partial charge on any atom is 0.321 e.